The van der Waals surface area contributed by atoms with Crippen LogP contribution in [0.25, 0.3) is 0 Å². The third-order valence-electron chi connectivity index (χ3n) is 3.60. The Kier molecular flexibility index (Phi) is 5.49. The van der Waals surface area contributed by atoms with Crippen LogP contribution in [0.2, 0.25) is 0 Å². The second kappa shape index (κ2) is 7.36. The van der Waals surface area contributed by atoms with Crippen LogP contribution in [0.1, 0.15) is 11.1 Å². The van der Waals surface area contributed by atoms with Gasteiger partial charge in [0, 0.05) is 32.7 Å². The molecule has 2 N–H and O–H groups in total. The second-order valence-corrected chi connectivity index (χ2v) is 5.20. The van der Waals surface area contributed by atoms with Crippen molar-refractivity contribution in [3.63, 3.8) is 0 Å². The highest BCUT2D eigenvalue weighted by Crippen LogP contribution is 2.10. The summed E-state index contributed by atoms with van der Waals surface area (Å²) in [4.78, 5) is 14.0. The van der Waals surface area contributed by atoms with Crippen molar-refractivity contribution in [2.24, 2.45) is 0 Å². The minimum Gasteiger partial charge on any atom is -0.355 e. The molecule has 0 saturated carbocycles. The molecule has 1 aromatic rings. The van der Waals surface area contributed by atoms with Crippen molar-refractivity contribution in [1.82, 2.24) is 15.5 Å². The molecule has 0 aromatic heterocycles. The summed E-state index contributed by atoms with van der Waals surface area (Å²) in [6.45, 7) is 6.68. The van der Waals surface area contributed by atoms with Gasteiger partial charge in [0.1, 0.15) is 5.82 Å². The molecule has 0 radical (unpaired) electrons. The topological polar surface area (TPSA) is 44.4 Å². The van der Waals surface area contributed by atoms with Gasteiger partial charge < -0.3 is 10.6 Å². The lowest BCUT2D eigenvalue weighted by Gasteiger charge is -2.26. The van der Waals surface area contributed by atoms with Crippen molar-refractivity contribution in [2.45, 2.75) is 13.3 Å². The summed E-state index contributed by atoms with van der Waals surface area (Å²) in [5, 5.41) is 6.18. The highest BCUT2D eigenvalue weighted by molar-refractivity contribution is 5.78. The van der Waals surface area contributed by atoms with Gasteiger partial charge >= 0.3 is 0 Å². The van der Waals surface area contributed by atoms with Crippen molar-refractivity contribution >= 4 is 5.91 Å². The SMILES string of the molecule is Cc1cc(F)ccc1CCNC(=O)CN1CCNCC1. The number of halogens is 1. The number of aryl methyl sites for hydroxylation is 1. The zero-order chi connectivity index (χ0) is 14.4. The fraction of sp³-hybridized carbons (Fsp3) is 0.533. The fourth-order valence-electron chi connectivity index (χ4n) is 2.40. The number of rotatable bonds is 5. The van der Waals surface area contributed by atoms with Crippen LogP contribution in [0.5, 0.6) is 0 Å². The fourth-order valence-corrected chi connectivity index (χ4v) is 2.40. The Hall–Kier alpha value is -1.46. The Bertz CT molecular complexity index is 458. The molecule has 0 aliphatic carbocycles. The molecule has 4 nitrogen and oxygen atoms in total. The number of benzene rings is 1. The van der Waals surface area contributed by atoms with Gasteiger partial charge in [0.15, 0.2) is 0 Å². The number of piperazine rings is 1. The van der Waals surface area contributed by atoms with E-state index < -0.39 is 0 Å². The molecule has 5 heteroatoms. The van der Waals surface area contributed by atoms with E-state index in [0.29, 0.717) is 13.1 Å². The van der Waals surface area contributed by atoms with Gasteiger partial charge in [0.25, 0.3) is 0 Å². The molecule has 0 spiro atoms. The van der Waals surface area contributed by atoms with Gasteiger partial charge in [-0.25, -0.2) is 4.39 Å². The maximum atomic E-state index is 13.0. The van der Waals surface area contributed by atoms with Gasteiger partial charge in [-0.1, -0.05) is 6.07 Å². The van der Waals surface area contributed by atoms with Crippen molar-refractivity contribution in [2.75, 3.05) is 39.3 Å². The third-order valence-corrected chi connectivity index (χ3v) is 3.60. The number of hydrogen-bond donors (Lipinski definition) is 2. The van der Waals surface area contributed by atoms with Crippen LogP contribution in [0.15, 0.2) is 18.2 Å². The van der Waals surface area contributed by atoms with Crippen molar-refractivity contribution < 1.29 is 9.18 Å². The molecule has 1 amide bonds. The first-order chi connectivity index (χ1) is 9.65. The Morgan fingerprint density at radius 2 is 2.15 bits per heavy atom. The van der Waals surface area contributed by atoms with Gasteiger partial charge in [-0.15, -0.1) is 0 Å². The molecule has 1 aromatic carbocycles. The van der Waals surface area contributed by atoms with Gasteiger partial charge in [0.2, 0.25) is 5.91 Å². The van der Waals surface area contributed by atoms with E-state index in [-0.39, 0.29) is 11.7 Å². The van der Waals surface area contributed by atoms with E-state index in [9.17, 15) is 9.18 Å². The maximum Gasteiger partial charge on any atom is 0.234 e. The van der Waals surface area contributed by atoms with Crippen molar-refractivity contribution in [3.8, 4) is 0 Å². The van der Waals surface area contributed by atoms with Crippen LogP contribution in [0.4, 0.5) is 4.39 Å². The summed E-state index contributed by atoms with van der Waals surface area (Å²) >= 11 is 0. The molecular weight excluding hydrogens is 257 g/mol. The van der Waals surface area contributed by atoms with Crippen LogP contribution in [0.3, 0.4) is 0 Å². The molecule has 0 unspecified atom stereocenters. The minimum absolute atomic E-state index is 0.0617. The maximum absolute atomic E-state index is 13.0. The summed E-state index contributed by atoms with van der Waals surface area (Å²) in [5.41, 5.74) is 2.01. The number of nitrogens with zero attached hydrogens (tertiary/aromatic N) is 1. The van der Waals surface area contributed by atoms with Crippen LogP contribution in [-0.2, 0) is 11.2 Å². The lowest BCUT2D eigenvalue weighted by Crippen LogP contribution is -2.47. The van der Waals surface area contributed by atoms with Crippen LogP contribution in [-0.4, -0.2) is 50.1 Å². The first-order valence-electron chi connectivity index (χ1n) is 7.10. The van der Waals surface area contributed by atoms with Gasteiger partial charge in [-0.3, -0.25) is 9.69 Å². The molecule has 110 valence electrons. The molecular formula is C15H22FN3O. The van der Waals surface area contributed by atoms with Crippen molar-refractivity contribution in [3.05, 3.63) is 35.1 Å². The number of hydrogen-bond acceptors (Lipinski definition) is 3. The summed E-state index contributed by atoms with van der Waals surface area (Å²) in [6.07, 6.45) is 0.736. The Morgan fingerprint density at radius 3 is 2.85 bits per heavy atom. The molecule has 1 aliphatic rings. The number of nitrogens with one attached hydrogen (secondary N) is 2. The molecule has 1 saturated heterocycles. The monoisotopic (exact) mass is 279 g/mol. The Balaban J connectivity index is 1.70. The van der Waals surface area contributed by atoms with Crippen LogP contribution in [0, 0.1) is 12.7 Å². The van der Waals surface area contributed by atoms with E-state index in [2.05, 4.69) is 15.5 Å². The lowest BCUT2D eigenvalue weighted by atomic mass is 10.1. The Labute approximate surface area is 119 Å². The average Bonchev–Trinajstić information content (AvgIpc) is 2.42. The van der Waals surface area contributed by atoms with Gasteiger partial charge in [-0.2, -0.15) is 0 Å². The average molecular weight is 279 g/mol. The van der Waals surface area contributed by atoms with E-state index in [0.717, 1.165) is 43.7 Å². The summed E-state index contributed by atoms with van der Waals surface area (Å²) in [6, 6.07) is 4.77. The highest BCUT2D eigenvalue weighted by Gasteiger charge is 2.12. The van der Waals surface area contributed by atoms with Crippen LogP contribution < -0.4 is 10.6 Å². The normalized spacial score (nSPS) is 16.1. The predicted molar refractivity (Wildman–Crippen MR) is 77.2 cm³/mol. The summed E-state index contributed by atoms with van der Waals surface area (Å²) in [5.74, 6) is -0.152. The molecule has 1 aliphatic heterocycles. The molecule has 1 fully saturated rings. The van der Waals surface area contributed by atoms with E-state index in [1.165, 1.54) is 12.1 Å². The molecule has 0 atom stereocenters. The third kappa shape index (κ3) is 4.58. The summed E-state index contributed by atoms with van der Waals surface area (Å²) < 4.78 is 13.0. The second-order valence-electron chi connectivity index (χ2n) is 5.20. The standard InChI is InChI=1S/C15H22FN3O/c1-12-10-14(16)3-2-13(12)4-5-18-15(20)11-19-8-6-17-7-9-19/h2-3,10,17H,4-9,11H2,1H3,(H,18,20). The van der Waals surface area contributed by atoms with Crippen LogP contribution >= 0.6 is 0 Å². The van der Waals surface area contributed by atoms with E-state index in [4.69, 9.17) is 0 Å². The van der Waals surface area contributed by atoms with Gasteiger partial charge in [-0.05, 0) is 36.6 Å². The predicted octanol–water partition coefficient (Wildman–Crippen LogP) is 0.698. The van der Waals surface area contributed by atoms with E-state index in [1.54, 1.807) is 6.07 Å². The molecule has 0 bridgehead atoms. The molecule has 1 heterocycles. The zero-order valence-corrected chi connectivity index (χ0v) is 11.9. The minimum atomic E-state index is -0.214. The zero-order valence-electron chi connectivity index (χ0n) is 11.9. The lowest BCUT2D eigenvalue weighted by molar-refractivity contribution is -0.122. The van der Waals surface area contributed by atoms with Crippen molar-refractivity contribution in [1.29, 1.82) is 0 Å². The van der Waals surface area contributed by atoms with E-state index in [1.807, 2.05) is 6.92 Å². The summed E-state index contributed by atoms with van der Waals surface area (Å²) in [7, 11) is 0. The Morgan fingerprint density at radius 1 is 1.40 bits per heavy atom. The number of amides is 1. The number of carbonyl (C=O) groups is 1. The first-order valence-corrected chi connectivity index (χ1v) is 7.10. The molecule has 2 rings (SSSR count). The highest BCUT2D eigenvalue weighted by atomic mass is 19.1. The smallest absolute Gasteiger partial charge is 0.234 e. The largest absolute Gasteiger partial charge is 0.355 e. The van der Waals surface area contributed by atoms with Gasteiger partial charge in [0.05, 0.1) is 6.54 Å². The first kappa shape index (κ1) is 14.9. The van der Waals surface area contributed by atoms with E-state index >= 15 is 0 Å². The molecule has 20 heavy (non-hydrogen) atoms. The quantitative estimate of drug-likeness (QED) is 0.834. The number of carbonyl (C=O) groups excluding carboxylic acids is 1.